The molecule has 0 aliphatic heterocycles. The standard InChI is InChI=1S/C11H17ClO3/c1-7(2)8-4-5-11(12,9(13)6-8)10(14)15-3/h7-8H,4-6H2,1-3H3/t8-,11-/m0/s1. The lowest BCUT2D eigenvalue weighted by Gasteiger charge is -2.33. The van der Waals surface area contributed by atoms with Crippen LogP contribution in [0.1, 0.15) is 33.1 Å². The van der Waals surface area contributed by atoms with E-state index >= 15 is 0 Å². The molecule has 15 heavy (non-hydrogen) atoms. The number of hydrogen-bond donors (Lipinski definition) is 0. The highest BCUT2D eigenvalue weighted by atomic mass is 35.5. The van der Waals surface area contributed by atoms with Crippen LogP contribution in [0.3, 0.4) is 0 Å². The summed E-state index contributed by atoms with van der Waals surface area (Å²) in [5.41, 5.74) is 0. The Morgan fingerprint density at radius 2 is 2.20 bits per heavy atom. The molecule has 0 saturated heterocycles. The lowest BCUT2D eigenvalue weighted by molar-refractivity contribution is -0.149. The predicted octanol–water partition coefficient (Wildman–Crippen LogP) is 2.16. The third-order valence-electron chi connectivity index (χ3n) is 3.20. The highest BCUT2D eigenvalue weighted by molar-refractivity contribution is 6.45. The molecule has 86 valence electrons. The lowest BCUT2D eigenvalue weighted by Crippen LogP contribution is -2.46. The average molecular weight is 233 g/mol. The molecule has 3 nitrogen and oxygen atoms in total. The van der Waals surface area contributed by atoms with Crippen LogP contribution in [0.5, 0.6) is 0 Å². The van der Waals surface area contributed by atoms with Crippen LogP contribution in [0.2, 0.25) is 0 Å². The van der Waals surface area contributed by atoms with E-state index in [0.29, 0.717) is 24.7 Å². The molecule has 1 rings (SSSR count). The van der Waals surface area contributed by atoms with Crippen molar-refractivity contribution >= 4 is 23.4 Å². The first-order valence-corrected chi connectivity index (χ1v) is 5.60. The summed E-state index contributed by atoms with van der Waals surface area (Å²) in [6, 6.07) is 0. The van der Waals surface area contributed by atoms with Crippen molar-refractivity contribution in [1.82, 2.24) is 0 Å². The first-order valence-electron chi connectivity index (χ1n) is 5.22. The van der Waals surface area contributed by atoms with Crippen molar-refractivity contribution in [3.05, 3.63) is 0 Å². The van der Waals surface area contributed by atoms with Gasteiger partial charge in [0.15, 0.2) is 10.7 Å². The van der Waals surface area contributed by atoms with Crippen LogP contribution >= 0.6 is 11.6 Å². The summed E-state index contributed by atoms with van der Waals surface area (Å²) in [6.45, 7) is 4.16. The van der Waals surface area contributed by atoms with Gasteiger partial charge in [-0.15, -0.1) is 0 Å². The highest BCUT2D eigenvalue weighted by Gasteiger charge is 2.48. The minimum Gasteiger partial charge on any atom is -0.467 e. The Morgan fingerprint density at radius 1 is 1.60 bits per heavy atom. The summed E-state index contributed by atoms with van der Waals surface area (Å²) in [5.74, 6) is -0.0146. The third kappa shape index (κ3) is 2.33. The monoisotopic (exact) mass is 232 g/mol. The summed E-state index contributed by atoms with van der Waals surface area (Å²) in [4.78, 5) is 21.8. The Labute approximate surface area is 95.1 Å². The molecule has 0 heterocycles. The van der Waals surface area contributed by atoms with E-state index in [1.807, 2.05) is 0 Å². The van der Waals surface area contributed by atoms with Crippen LogP contribution in [0.15, 0.2) is 0 Å². The lowest BCUT2D eigenvalue weighted by atomic mass is 9.75. The molecule has 0 N–H and O–H groups in total. The molecule has 1 aliphatic carbocycles. The molecule has 0 aromatic carbocycles. The maximum Gasteiger partial charge on any atom is 0.334 e. The van der Waals surface area contributed by atoms with Gasteiger partial charge >= 0.3 is 5.97 Å². The molecule has 0 radical (unpaired) electrons. The Hall–Kier alpha value is -0.570. The Kier molecular flexibility index (Phi) is 3.77. The molecular weight excluding hydrogens is 216 g/mol. The maximum atomic E-state index is 11.8. The fourth-order valence-electron chi connectivity index (χ4n) is 1.97. The van der Waals surface area contributed by atoms with Gasteiger partial charge in [-0.05, 0) is 24.7 Å². The molecule has 4 heteroatoms. The molecule has 0 bridgehead atoms. The van der Waals surface area contributed by atoms with E-state index in [1.54, 1.807) is 0 Å². The fourth-order valence-corrected chi connectivity index (χ4v) is 2.24. The van der Waals surface area contributed by atoms with Gasteiger partial charge in [0.05, 0.1) is 7.11 Å². The summed E-state index contributed by atoms with van der Waals surface area (Å²) in [7, 11) is 1.26. The molecule has 1 fully saturated rings. The second kappa shape index (κ2) is 4.52. The van der Waals surface area contributed by atoms with Crippen molar-refractivity contribution in [3.63, 3.8) is 0 Å². The maximum absolute atomic E-state index is 11.8. The molecule has 0 amide bonds. The van der Waals surface area contributed by atoms with Gasteiger partial charge in [-0.1, -0.05) is 25.4 Å². The van der Waals surface area contributed by atoms with Crippen LogP contribution in [-0.4, -0.2) is 23.7 Å². The Morgan fingerprint density at radius 3 is 2.60 bits per heavy atom. The van der Waals surface area contributed by atoms with E-state index in [2.05, 4.69) is 18.6 Å². The number of rotatable bonds is 2. The number of halogens is 1. The number of hydrogen-bond acceptors (Lipinski definition) is 3. The van der Waals surface area contributed by atoms with Gasteiger partial charge in [0, 0.05) is 6.42 Å². The zero-order chi connectivity index (χ0) is 11.6. The van der Waals surface area contributed by atoms with Gasteiger partial charge < -0.3 is 4.74 Å². The summed E-state index contributed by atoms with van der Waals surface area (Å²) < 4.78 is 4.57. The molecule has 1 saturated carbocycles. The van der Waals surface area contributed by atoms with Gasteiger partial charge in [-0.2, -0.15) is 0 Å². The average Bonchev–Trinajstić information content (AvgIpc) is 2.20. The van der Waals surface area contributed by atoms with Crippen LogP contribution in [0, 0.1) is 11.8 Å². The topological polar surface area (TPSA) is 43.4 Å². The number of carbonyl (C=O) groups excluding carboxylic acids is 2. The van der Waals surface area contributed by atoms with Crippen LogP contribution in [0.25, 0.3) is 0 Å². The molecule has 0 unspecified atom stereocenters. The minimum absolute atomic E-state index is 0.194. The molecule has 0 aromatic rings. The van der Waals surface area contributed by atoms with Gasteiger partial charge in [0.2, 0.25) is 0 Å². The van der Waals surface area contributed by atoms with Gasteiger partial charge in [0.25, 0.3) is 0 Å². The van der Waals surface area contributed by atoms with E-state index < -0.39 is 10.8 Å². The van der Waals surface area contributed by atoms with Crippen molar-refractivity contribution in [2.24, 2.45) is 11.8 Å². The number of ketones is 1. The number of ether oxygens (including phenoxy) is 1. The van der Waals surface area contributed by atoms with E-state index in [9.17, 15) is 9.59 Å². The van der Waals surface area contributed by atoms with Crippen molar-refractivity contribution < 1.29 is 14.3 Å². The van der Waals surface area contributed by atoms with Crippen molar-refractivity contribution in [2.45, 2.75) is 38.0 Å². The first kappa shape index (κ1) is 12.5. The number of alkyl halides is 1. The third-order valence-corrected chi connectivity index (χ3v) is 3.76. The second-order valence-electron chi connectivity index (χ2n) is 4.46. The van der Waals surface area contributed by atoms with Crippen LogP contribution < -0.4 is 0 Å². The van der Waals surface area contributed by atoms with E-state index in [4.69, 9.17) is 11.6 Å². The summed E-state index contributed by atoms with van der Waals surface area (Å²) in [5, 5.41) is 0. The van der Waals surface area contributed by atoms with Gasteiger partial charge in [0.1, 0.15) is 0 Å². The quantitative estimate of drug-likeness (QED) is 0.416. The van der Waals surface area contributed by atoms with Crippen molar-refractivity contribution in [1.29, 1.82) is 0 Å². The molecule has 1 aliphatic rings. The van der Waals surface area contributed by atoms with Gasteiger partial charge in [-0.3, -0.25) is 4.79 Å². The summed E-state index contributed by atoms with van der Waals surface area (Å²) >= 11 is 6.02. The molecule has 0 spiro atoms. The smallest absolute Gasteiger partial charge is 0.334 e. The number of methoxy groups -OCH3 is 1. The molecule has 0 aromatic heterocycles. The largest absolute Gasteiger partial charge is 0.467 e. The van der Waals surface area contributed by atoms with Crippen LogP contribution in [-0.2, 0) is 14.3 Å². The zero-order valence-electron chi connectivity index (χ0n) is 9.38. The number of carbonyl (C=O) groups is 2. The zero-order valence-corrected chi connectivity index (χ0v) is 10.1. The number of esters is 1. The second-order valence-corrected chi connectivity index (χ2v) is 5.11. The highest BCUT2D eigenvalue weighted by Crippen LogP contribution is 2.38. The first-order chi connectivity index (χ1) is 6.91. The van der Waals surface area contributed by atoms with Crippen LogP contribution in [0.4, 0.5) is 0 Å². The van der Waals surface area contributed by atoms with Crippen molar-refractivity contribution in [3.8, 4) is 0 Å². The molecular formula is C11H17ClO3. The van der Waals surface area contributed by atoms with Crippen molar-refractivity contribution in [2.75, 3.05) is 7.11 Å². The summed E-state index contributed by atoms with van der Waals surface area (Å²) in [6.07, 6.45) is 1.58. The molecule has 2 atom stereocenters. The predicted molar refractivity (Wildman–Crippen MR) is 57.8 cm³/mol. The van der Waals surface area contributed by atoms with E-state index in [1.165, 1.54) is 7.11 Å². The van der Waals surface area contributed by atoms with Gasteiger partial charge in [-0.25, -0.2) is 4.79 Å². The minimum atomic E-state index is -1.42. The Bertz CT molecular complexity index is 275. The fraction of sp³-hybridized carbons (Fsp3) is 0.818. The van der Waals surface area contributed by atoms with E-state index in [-0.39, 0.29) is 5.78 Å². The SMILES string of the molecule is COC(=O)[C@]1(Cl)CC[C@H](C(C)C)CC1=O. The van der Waals surface area contributed by atoms with E-state index in [0.717, 1.165) is 6.42 Å². The number of Topliss-reactive ketones (excluding diaryl/α,β-unsaturated/α-hetero) is 1. The normalized spacial score (nSPS) is 31.8. The Balaban J connectivity index is 2.75.